The van der Waals surface area contributed by atoms with Crippen molar-refractivity contribution < 1.29 is 10.2 Å². The van der Waals surface area contributed by atoms with Gasteiger partial charge in [0, 0.05) is 38.1 Å². The second-order valence-corrected chi connectivity index (χ2v) is 6.90. The Morgan fingerprint density at radius 2 is 2.07 bits per heavy atom. The molecule has 1 aliphatic heterocycles. The van der Waals surface area contributed by atoms with E-state index in [0.29, 0.717) is 16.6 Å². The number of nitrogens with zero attached hydrogens (tertiary/aromatic N) is 4. The number of benzene rings is 1. The van der Waals surface area contributed by atoms with E-state index in [0.717, 1.165) is 10.5 Å². The van der Waals surface area contributed by atoms with Crippen LogP contribution in [-0.2, 0) is 17.8 Å². The zero-order valence-electron chi connectivity index (χ0n) is 18.7. The number of morpholine rings is 1. The largest absolute Gasteiger partial charge is 0.379 e. The predicted octanol–water partition coefficient (Wildman–Crippen LogP) is 2.37. The Hall–Kier alpha value is -2.13. The Kier molecular flexibility index (Phi) is 4.49. The van der Waals surface area contributed by atoms with Gasteiger partial charge < -0.3 is 14.6 Å². The molecular weight excluding hydrogens is 403 g/mol. The molecule has 10 heteroatoms. The number of hydrogen-bond donors (Lipinski definition) is 2. The van der Waals surface area contributed by atoms with Crippen molar-refractivity contribution >= 4 is 40.3 Å². The second-order valence-electron chi connectivity index (χ2n) is 6.09. The number of aromatic nitrogens is 4. The number of nitrogens with one attached hydrogen (secondary N) is 2. The van der Waals surface area contributed by atoms with Crippen LogP contribution in [0.25, 0.3) is 11.2 Å². The Bertz CT molecular complexity index is 1190. The number of imidazole rings is 1. The molecule has 1 fully saturated rings. The first-order valence-electron chi connectivity index (χ1n) is 10.6. The molecule has 1 aromatic carbocycles. The van der Waals surface area contributed by atoms with E-state index in [-0.39, 0.29) is 43.4 Å². The van der Waals surface area contributed by atoms with Gasteiger partial charge in [-0.05, 0) is 17.7 Å². The van der Waals surface area contributed by atoms with Crippen LogP contribution >= 0.6 is 23.2 Å². The molecule has 0 radical (unpaired) electrons. The van der Waals surface area contributed by atoms with Crippen molar-refractivity contribution in [3.8, 4) is 0 Å². The topological polar surface area (TPSA) is 88.1 Å². The zero-order chi connectivity index (χ0) is 23.1. The van der Waals surface area contributed by atoms with Crippen LogP contribution in [0.3, 0.4) is 0 Å². The summed E-state index contributed by atoms with van der Waals surface area (Å²) in [5.41, 5.74) is 0.872. The molecule has 4 rings (SSSR count). The Balaban J connectivity index is 1.50. The molecule has 0 aliphatic carbocycles. The van der Waals surface area contributed by atoms with Gasteiger partial charge in [0.25, 0.3) is 5.56 Å². The average molecular weight is 427 g/mol. The number of fused-ring (bicyclic) bond motifs is 1. The van der Waals surface area contributed by atoms with Crippen LogP contribution in [0.1, 0.15) is 11.0 Å². The molecule has 0 atom stereocenters. The third-order valence-electron chi connectivity index (χ3n) is 4.21. The van der Waals surface area contributed by atoms with Gasteiger partial charge in [-0.25, -0.2) is 4.98 Å². The molecule has 28 heavy (non-hydrogen) atoms. The number of ether oxygens (including phenoxy) is 1. The summed E-state index contributed by atoms with van der Waals surface area (Å²) < 4.78 is 38.7. The lowest BCUT2D eigenvalue weighted by molar-refractivity contribution is 0.0365. The summed E-state index contributed by atoms with van der Waals surface area (Å²) in [4.78, 5) is 25.0. The first-order valence-corrected chi connectivity index (χ1v) is 9.31. The summed E-state index contributed by atoms with van der Waals surface area (Å²) in [6.45, 7) is -3.87. The van der Waals surface area contributed by atoms with E-state index >= 15 is 0 Å². The lowest BCUT2D eigenvalue weighted by Crippen LogP contribution is -2.38. The van der Waals surface area contributed by atoms with E-state index < -0.39 is 18.6 Å². The fourth-order valence-corrected chi connectivity index (χ4v) is 3.12. The number of hydrogen-bond acceptors (Lipinski definition) is 6. The van der Waals surface area contributed by atoms with Crippen LogP contribution in [0.5, 0.6) is 0 Å². The third kappa shape index (κ3) is 4.30. The third-order valence-corrected chi connectivity index (χ3v) is 4.95. The lowest BCUT2D eigenvalue weighted by Gasteiger charge is -2.26. The molecule has 0 spiro atoms. The van der Waals surface area contributed by atoms with Gasteiger partial charge in [0.05, 0.1) is 29.6 Å². The van der Waals surface area contributed by atoms with Crippen LogP contribution in [0.15, 0.2) is 29.3 Å². The number of H-pyrrole nitrogens is 1. The summed E-state index contributed by atoms with van der Waals surface area (Å²) in [5.74, 6) is 0.236. The van der Waals surface area contributed by atoms with E-state index in [4.69, 9.17) is 33.4 Å². The summed E-state index contributed by atoms with van der Waals surface area (Å²) in [6.07, 6.45) is 1.43. The van der Waals surface area contributed by atoms with Gasteiger partial charge in [0.1, 0.15) is 0 Å². The van der Waals surface area contributed by atoms with E-state index in [1.165, 1.54) is 10.9 Å². The molecule has 2 aromatic heterocycles. The number of halogens is 2. The highest BCUT2D eigenvalue weighted by atomic mass is 35.5. The highest BCUT2D eigenvalue weighted by Crippen LogP contribution is 2.22. The van der Waals surface area contributed by atoms with Gasteiger partial charge >= 0.3 is 0 Å². The minimum Gasteiger partial charge on any atom is -0.379 e. The Labute approximate surface area is 177 Å². The van der Waals surface area contributed by atoms with Crippen LogP contribution in [0.2, 0.25) is 10.0 Å². The molecule has 1 saturated heterocycles. The summed E-state index contributed by atoms with van der Waals surface area (Å²) in [6, 6.07) is 5.20. The average Bonchev–Trinajstić information content (AvgIpc) is 3.11. The summed E-state index contributed by atoms with van der Waals surface area (Å²) in [7, 11) is 0. The number of aromatic amines is 1. The zero-order valence-corrected chi connectivity index (χ0v) is 16.2. The van der Waals surface area contributed by atoms with Gasteiger partial charge in [0.15, 0.2) is 11.2 Å². The molecule has 0 amide bonds. The van der Waals surface area contributed by atoms with Gasteiger partial charge in [-0.15, -0.1) is 0 Å². The second kappa shape index (κ2) is 8.48. The van der Waals surface area contributed by atoms with Crippen molar-refractivity contribution in [3.05, 3.63) is 50.5 Å². The maximum Gasteiger partial charge on any atom is 0.278 e. The van der Waals surface area contributed by atoms with Gasteiger partial charge in [-0.1, -0.05) is 29.3 Å². The standard InChI is InChI=1S/C18H20Cl2N6O2/c19-13-2-1-12(9-14(13)20)10-21-18-23-16-15(17(27)24-18)26(11-22-16)4-3-25-5-7-28-8-6-25/h1-2,9,11H,3-8,10H2,(H2,21,23,24,27)/i5D2,6D2. The Morgan fingerprint density at radius 3 is 2.86 bits per heavy atom. The quantitative estimate of drug-likeness (QED) is 0.628. The normalized spacial score (nSPS) is 20.9. The maximum atomic E-state index is 12.7. The lowest BCUT2D eigenvalue weighted by atomic mass is 10.2. The minimum absolute atomic E-state index is 0.0194. The minimum atomic E-state index is -1.97. The monoisotopic (exact) mass is 426 g/mol. The van der Waals surface area contributed by atoms with E-state index in [1.807, 2.05) is 0 Å². The first-order chi connectivity index (χ1) is 15.1. The van der Waals surface area contributed by atoms with E-state index in [1.54, 1.807) is 18.2 Å². The highest BCUT2D eigenvalue weighted by molar-refractivity contribution is 6.42. The molecule has 3 aromatic rings. The molecule has 0 unspecified atom stereocenters. The molecule has 148 valence electrons. The van der Waals surface area contributed by atoms with Crippen molar-refractivity contribution in [2.75, 3.05) is 38.1 Å². The number of rotatable bonds is 6. The van der Waals surface area contributed by atoms with E-state index in [2.05, 4.69) is 20.3 Å². The number of anilines is 1. The van der Waals surface area contributed by atoms with Crippen molar-refractivity contribution in [2.45, 2.75) is 13.1 Å². The summed E-state index contributed by atoms with van der Waals surface area (Å²) in [5, 5.41) is 3.89. The van der Waals surface area contributed by atoms with Crippen LogP contribution in [0.4, 0.5) is 5.95 Å². The van der Waals surface area contributed by atoms with Gasteiger partial charge in [0.2, 0.25) is 5.95 Å². The summed E-state index contributed by atoms with van der Waals surface area (Å²) >= 11 is 11.9. The van der Waals surface area contributed by atoms with Crippen molar-refractivity contribution in [2.24, 2.45) is 0 Å². The van der Waals surface area contributed by atoms with Crippen LogP contribution in [-0.4, -0.2) is 57.2 Å². The van der Waals surface area contributed by atoms with Crippen molar-refractivity contribution in [1.82, 2.24) is 24.4 Å². The Morgan fingerprint density at radius 1 is 1.25 bits per heavy atom. The van der Waals surface area contributed by atoms with Crippen molar-refractivity contribution in [1.29, 1.82) is 0 Å². The molecular formula is C18H20Cl2N6O2. The SMILES string of the molecule is [2H]C1([2H])COCC([2H])([2H])N1CCn1cnc2nc(NCc3ccc(Cl)c(Cl)c3)[nH]c(=O)c21. The molecule has 0 saturated carbocycles. The highest BCUT2D eigenvalue weighted by Gasteiger charge is 2.14. The molecule has 8 nitrogen and oxygen atoms in total. The smallest absolute Gasteiger partial charge is 0.278 e. The molecule has 3 heterocycles. The fraction of sp³-hybridized carbons (Fsp3) is 0.389. The van der Waals surface area contributed by atoms with Gasteiger partial charge in [-0.3, -0.25) is 14.7 Å². The van der Waals surface area contributed by atoms with E-state index in [9.17, 15) is 4.79 Å². The predicted molar refractivity (Wildman–Crippen MR) is 109 cm³/mol. The van der Waals surface area contributed by atoms with Crippen molar-refractivity contribution in [3.63, 3.8) is 0 Å². The first kappa shape index (κ1) is 14.8. The van der Waals surface area contributed by atoms with Gasteiger partial charge in [-0.2, -0.15) is 4.98 Å². The molecule has 1 aliphatic rings. The maximum absolute atomic E-state index is 12.7. The molecule has 0 bridgehead atoms. The molecule has 2 N–H and O–H groups in total. The fourth-order valence-electron chi connectivity index (χ4n) is 2.79. The van der Waals surface area contributed by atoms with Crippen LogP contribution < -0.4 is 10.9 Å². The van der Waals surface area contributed by atoms with Crippen LogP contribution in [0, 0.1) is 0 Å².